The van der Waals surface area contributed by atoms with Crippen molar-refractivity contribution in [3.8, 4) is 11.5 Å². The van der Waals surface area contributed by atoms with Crippen LogP contribution in [0.5, 0.6) is 11.5 Å². The third kappa shape index (κ3) is 1.85. The van der Waals surface area contributed by atoms with Crippen LogP contribution in [0.4, 0.5) is 0 Å². The summed E-state index contributed by atoms with van der Waals surface area (Å²) in [4.78, 5) is 10.7. The summed E-state index contributed by atoms with van der Waals surface area (Å²) < 4.78 is 10.00. The standard InChI is InChI=1S/C10H12O4/c1-13-9-3-7(5-11)4-10(14-2)8(9)6-12/h3-4,6,11H,5H2,1-2H3. The van der Waals surface area contributed by atoms with Crippen LogP contribution in [0.2, 0.25) is 0 Å². The molecule has 0 fully saturated rings. The van der Waals surface area contributed by atoms with E-state index in [1.165, 1.54) is 14.2 Å². The van der Waals surface area contributed by atoms with E-state index in [0.717, 1.165) is 0 Å². The van der Waals surface area contributed by atoms with Gasteiger partial charge in [0.1, 0.15) is 11.5 Å². The Morgan fingerprint density at radius 1 is 1.29 bits per heavy atom. The maximum Gasteiger partial charge on any atom is 0.157 e. The molecule has 1 aromatic carbocycles. The zero-order chi connectivity index (χ0) is 10.6. The molecule has 1 rings (SSSR count). The van der Waals surface area contributed by atoms with Crippen LogP contribution in [0, 0.1) is 0 Å². The predicted molar refractivity (Wildman–Crippen MR) is 50.9 cm³/mol. The molecule has 1 aromatic rings. The Bertz CT molecular complexity index is 308. The maximum absolute atomic E-state index is 10.7. The number of benzene rings is 1. The van der Waals surface area contributed by atoms with Gasteiger partial charge in [-0.3, -0.25) is 4.79 Å². The molecule has 0 aliphatic rings. The first kappa shape index (κ1) is 10.5. The van der Waals surface area contributed by atoms with Crippen molar-refractivity contribution in [3.63, 3.8) is 0 Å². The average molecular weight is 196 g/mol. The van der Waals surface area contributed by atoms with Crippen LogP contribution in [0.1, 0.15) is 15.9 Å². The molecular weight excluding hydrogens is 184 g/mol. The van der Waals surface area contributed by atoms with E-state index in [2.05, 4.69) is 0 Å². The molecular formula is C10H12O4. The molecule has 1 N–H and O–H groups in total. The Labute approximate surface area is 82.1 Å². The summed E-state index contributed by atoms with van der Waals surface area (Å²) in [7, 11) is 2.92. The van der Waals surface area contributed by atoms with Crippen molar-refractivity contribution in [2.24, 2.45) is 0 Å². The quantitative estimate of drug-likeness (QED) is 0.730. The summed E-state index contributed by atoms with van der Waals surface area (Å²) >= 11 is 0. The van der Waals surface area contributed by atoms with Crippen molar-refractivity contribution in [2.45, 2.75) is 6.61 Å². The van der Waals surface area contributed by atoms with Gasteiger partial charge in [0, 0.05) is 0 Å². The lowest BCUT2D eigenvalue weighted by Crippen LogP contribution is -1.97. The topological polar surface area (TPSA) is 55.8 Å². The van der Waals surface area contributed by atoms with Crippen molar-refractivity contribution in [3.05, 3.63) is 23.3 Å². The molecule has 4 nitrogen and oxygen atoms in total. The van der Waals surface area contributed by atoms with Crippen molar-refractivity contribution in [2.75, 3.05) is 14.2 Å². The van der Waals surface area contributed by atoms with Crippen molar-refractivity contribution >= 4 is 6.29 Å². The van der Waals surface area contributed by atoms with Gasteiger partial charge in [-0.15, -0.1) is 0 Å². The highest BCUT2D eigenvalue weighted by atomic mass is 16.5. The number of aliphatic hydroxyl groups is 1. The largest absolute Gasteiger partial charge is 0.496 e. The summed E-state index contributed by atoms with van der Waals surface area (Å²) in [6.07, 6.45) is 0.665. The van der Waals surface area contributed by atoms with Crippen molar-refractivity contribution in [1.82, 2.24) is 0 Å². The summed E-state index contributed by atoms with van der Waals surface area (Å²) in [5.74, 6) is 0.812. The molecule has 76 valence electrons. The molecule has 0 unspecified atom stereocenters. The van der Waals surface area contributed by atoms with Gasteiger partial charge in [0.05, 0.1) is 26.4 Å². The highest BCUT2D eigenvalue weighted by Crippen LogP contribution is 2.28. The highest BCUT2D eigenvalue weighted by molar-refractivity contribution is 5.84. The second-order valence-electron chi connectivity index (χ2n) is 2.69. The summed E-state index contributed by atoms with van der Waals surface area (Å²) in [5.41, 5.74) is 0.997. The lowest BCUT2D eigenvalue weighted by atomic mass is 10.1. The van der Waals surface area contributed by atoms with Crippen LogP contribution >= 0.6 is 0 Å². The van der Waals surface area contributed by atoms with E-state index < -0.39 is 0 Å². The minimum Gasteiger partial charge on any atom is -0.496 e. The van der Waals surface area contributed by atoms with Crippen LogP contribution in [0.25, 0.3) is 0 Å². The molecule has 14 heavy (non-hydrogen) atoms. The Hall–Kier alpha value is -1.55. The van der Waals surface area contributed by atoms with Crippen LogP contribution in [-0.2, 0) is 6.61 Å². The zero-order valence-corrected chi connectivity index (χ0v) is 8.11. The average Bonchev–Trinajstić information content (AvgIpc) is 2.26. The van der Waals surface area contributed by atoms with Gasteiger partial charge in [0.15, 0.2) is 6.29 Å². The minimum atomic E-state index is -0.119. The number of rotatable bonds is 4. The summed E-state index contributed by atoms with van der Waals surface area (Å²) in [6.45, 7) is -0.119. The monoisotopic (exact) mass is 196 g/mol. The van der Waals surface area contributed by atoms with Crippen LogP contribution in [0.3, 0.4) is 0 Å². The van der Waals surface area contributed by atoms with Gasteiger partial charge < -0.3 is 14.6 Å². The normalized spacial score (nSPS) is 9.64. The van der Waals surface area contributed by atoms with E-state index in [1.807, 2.05) is 0 Å². The Balaban J connectivity index is 3.31. The Morgan fingerprint density at radius 2 is 1.79 bits per heavy atom. The third-order valence-electron chi connectivity index (χ3n) is 1.90. The van der Waals surface area contributed by atoms with E-state index in [0.29, 0.717) is 28.9 Å². The fraction of sp³-hybridized carbons (Fsp3) is 0.300. The smallest absolute Gasteiger partial charge is 0.157 e. The Morgan fingerprint density at radius 3 is 2.07 bits per heavy atom. The first-order chi connectivity index (χ1) is 6.76. The second-order valence-corrected chi connectivity index (χ2v) is 2.69. The van der Waals surface area contributed by atoms with Gasteiger partial charge in [0.25, 0.3) is 0 Å². The van der Waals surface area contributed by atoms with E-state index >= 15 is 0 Å². The van der Waals surface area contributed by atoms with E-state index in [1.54, 1.807) is 12.1 Å². The molecule has 0 bridgehead atoms. The van der Waals surface area contributed by atoms with E-state index in [9.17, 15) is 4.79 Å². The van der Waals surface area contributed by atoms with Crippen molar-refractivity contribution in [1.29, 1.82) is 0 Å². The summed E-state index contributed by atoms with van der Waals surface area (Å²) in [6, 6.07) is 3.21. The number of carbonyl (C=O) groups excluding carboxylic acids is 1. The van der Waals surface area contributed by atoms with Crippen LogP contribution < -0.4 is 9.47 Å². The maximum atomic E-state index is 10.7. The van der Waals surface area contributed by atoms with Gasteiger partial charge in [-0.2, -0.15) is 0 Å². The van der Waals surface area contributed by atoms with Gasteiger partial charge in [0.2, 0.25) is 0 Å². The lowest BCUT2D eigenvalue weighted by Gasteiger charge is -2.10. The molecule has 0 aliphatic heterocycles. The molecule has 0 radical (unpaired) electrons. The minimum absolute atomic E-state index is 0.119. The van der Waals surface area contributed by atoms with Crippen LogP contribution in [-0.4, -0.2) is 25.6 Å². The van der Waals surface area contributed by atoms with E-state index in [4.69, 9.17) is 14.6 Å². The first-order valence-electron chi connectivity index (χ1n) is 4.07. The predicted octanol–water partition coefficient (Wildman–Crippen LogP) is 1.01. The molecule has 0 spiro atoms. The number of aldehydes is 1. The zero-order valence-electron chi connectivity index (χ0n) is 8.11. The third-order valence-corrected chi connectivity index (χ3v) is 1.90. The van der Waals surface area contributed by atoms with E-state index in [-0.39, 0.29) is 6.61 Å². The first-order valence-corrected chi connectivity index (χ1v) is 4.07. The van der Waals surface area contributed by atoms with Crippen molar-refractivity contribution < 1.29 is 19.4 Å². The van der Waals surface area contributed by atoms with Gasteiger partial charge >= 0.3 is 0 Å². The molecule has 0 amide bonds. The number of ether oxygens (including phenoxy) is 2. The number of aliphatic hydroxyl groups excluding tert-OH is 1. The molecule has 0 atom stereocenters. The molecule has 4 heteroatoms. The number of hydrogen-bond acceptors (Lipinski definition) is 4. The highest BCUT2D eigenvalue weighted by Gasteiger charge is 2.10. The Kier molecular flexibility index (Phi) is 3.48. The van der Waals surface area contributed by atoms with Crippen LogP contribution in [0.15, 0.2) is 12.1 Å². The molecule has 0 saturated carbocycles. The van der Waals surface area contributed by atoms with Gasteiger partial charge in [-0.1, -0.05) is 0 Å². The molecule has 0 aromatic heterocycles. The number of methoxy groups -OCH3 is 2. The van der Waals surface area contributed by atoms with Gasteiger partial charge in [-0.25, -0.2) is 0 Å². The second kappa shape index (κ2) is 4.62. The summed E-state index contributed by atoms with van der Waals surface area (Å²) in [5, 5.41) is 8.94. The van der Waals surface area contributed by atoms with Gasteiger partial charge in [-0.05, 0) is 17.7 Å². The molecule has 0 saturated heterocycles. The SMILES string of the molecule is COc1cc(CO)cc(OC)c1C=O. The number of carbonyl (C=O) groups is 1. The fourth-order valence-electron chi connectivity index (χ4n) is 1.20. The number of hydrogen-bond donors (Lipinski definition) is 1. The fourth-order valence-corrected chi connectivity index (χ4v) is 1.20. The molecule has 0 aliphatic carbocycles. The molecule has 0 heterocycles. The lowest BCUT2D eigenvalue weighted by molar-refractivity contribution is 0.111.